The minimum absolute atomic E-state index is 0.0603. The van der Waals surface area contributed by atoms with E-state index in [0.29, 0.717) is 12.6 Å². The van der Waals surface area contributed by atoms with E-state index in [2.05, 4.69) is 0 Å². The van der Waals surface area contributed by atoms with Crippen LogP contribution < -0.4 is 0 Å². The third kappa shape index (κ3) is 3.29. The highest BCUT2D eigenvalue weighted by molar-refractivity contribution is 5.89. The van der Waals surface area contributed by atoms with Crippen molar-refractivity contribution in [2.24, 2.45) is 5.92 Å². The summed E-state index contributed by atoms with van der Waals surface area (Å²) in [6.07, 6.45) is 4.61. The van der Waals surface area contributed by atoms with Crippen molar-refractivity contribution in [2.75, 3.05) is 20.1 Å². The molecule has 1 heterocycles. The molecule has 2 fully saturated rings. The number of nitrogens with zero attached hydrogens (tertiary/aromatic N) is 2. The number of rotatable bonds is 5. The lowest BCUT2D eigenvalue weighted by Gasteiger charge is -2.25. The standard InChI is InChI=1S/C14H22N2O4/c1-15(7-6-13(18)19)14(20)10-8-12(17)16(9-10)11-4-2-3-5-11/h10-11H,2-9H2,1H3,(H,18,19)/t10-/m0/s1. The van der Waals surface area contributed by atoms with Crippen LogP contribution >= 0.6 is 0 Å². The van der Waals surface area contributed by atoms with Gasteiger partial charge < -0.3 is 14.9 Å². The molecule has 112 valence electrons. The van der Waals surface area contributed by atoms with Crippen LogP contribution in [0.5, 0.6) is 0 Å². The van der Waals surface area contributed by atoms with E-state index in [1.54, 1.807) is 7.05 Å². The third-order valence-electron chi connectivity index (χ3n) is 4.31. The van der Waals surface area contributed by atoms with Crippen molar-refractivity contribution in [3.63, 3.8) is 0 Å². The summed E-state index contributed by atoms with van der Waals surface area (Å²) in [6.45, 7) is 0.696. The molecule has 1 saturated heterocycles. The number of carboxylic acids is 1. The molecule has 6 heteroatoms. The largest absolute Gasteiger partial charge is 0.481 e. The van der Waals surface area contributed by atoms with Gasteiger partial charge in [-0.05, 0) is 12.8 Å². The summed E-state index contributed by atoms with van der Waals surface area (Å²) in [6, 6.07) is 0.310. The van der Waals surface area contributed by atoms with Crippen molar-refractivity contribution < 1.29 is 19.5 Å². The number of likely N-dealkylation sites (tertiary alicyclic amines) is 1. The summed E-state index contributed by atoms with van der Waals surface area (Å²) in [5, 5.41) is 8.64. The smallest absolute Gasteiger partial charge is 0.305 e. The Kier molecular flexibility index (Phi) is 4.62. The van der Waals surface area contributed by atoms with Crippen LogP contribution in [0.25, 0.3) is 0 Å². The molecule has 6 nitrogen and oxygen atoms in total. The predicted molar refractivity (Wildman–Crippen MR) is 72.0 cm³/mol. The van der Waals surface area contributed by atoms with E-state index in [1.165, 1.54) is 4.90 Å². The van der Waals surface area contributed by atoms with E-state index >= 15 is 0 Å². The maximum atomic E-state index is 12.2. The van der Waals surface area contributed by atoms with Crippen molar-refractivity contribution in [2.45, 2.75) is 44.6 Å². The molecule has 1 atom stereocenters. The third-order valence-corrected chi connectivity index (χ3v) is 4.31. The van der Waals surface area contributed by atoms with E-state index in [4.69, 9.17) is 5.11 Å². The Bertz CT molecular complexity index is 404. The highest BCUT2D eigenvalue weighted by atomic mass is 16.4. The summed E-state index contributed by atoms with van der Waals surface area (Å²) < 4.78 is 0. The Morgan fingerprint density at radius 1 is 1.35 bits per heavy atom. The van der Waals surface area contributed by atoms with Crippen molar-refractivity contribution in [1.29, 1.82) is 0 Å². The number of aliphatic carboxylic acids is 1. The Balaban J connectivity index is 1.88. The van der Waals surface area contributed by atoms with Gasteiger partial charge in [0.1, 0.15) is 0 Å². The summed E-state index contributed by atoms with van der Waals surface area (Å²) in [7, 11) is 1.61. The van der Waals surface area contributed by atoms with Crippen LogP contribution in [-0.2, 0) is 14.4 Å². The fraction of sp³-hybridized carbons (Fsp3) is 0.786. The summed E-state index contributed by atoms with van der Waals surface area (Å²) >= 11 is 0. The average Bonchev–Trinajstić information content (AvgIpc) is 3.03. The molecule has 2 rings (SSSR count). The van der Waals surface area contributed by atoms with Gasteiger partial charge in [0.15, 0.2) is 0 Å². The fourth-order valence-corrected chi connectivity index (χ4v) is 3.15. The number of carboxylic acid groups (broad SMARTS) is 1. The number of carbonyl (C=O) groups is 3. The second-order valence-corrected chi connectivity index (χ2v) is 5.79. The van der Waals surface area contributed by atoms with E-state index in [0.717, 1.165) is 25.7 Å². The summed E-state index contributed by atoms with van der Waals surface area (Å²) in [4.78, 5) is 38.1. The molecule has 0 unspecified atom stereocenters. The highest BCUT2D eigenvalue weighted by Crippen LogP contribution is 2.30. The van der Waals surface area contributed by atoms with Crippen molar-refractivity contribution >= 4 is 17.8 Å². The molecule has 2 aliphatic rings. The first-order chi connectivity index (χ1) is 9.49. The second kappa shape index (κ2) is 6.24. The van der Waals surface area contributed by atoms with Gasteiger partial charge in [-0.3, -0.25) is 14.4 Å². The predicted octanol–water partition coefficient (Wildman–Crippen LogP) is 0.711. The molecule has 0 bridgehead atoms. The van der Waals surface area contributed by atoms with Gasteiger partial charge in [0.2, 0.25) is 11.8 Å². The number of carbonyl (C=O) groups excluding carboxylic acids is 2. The molecule has 0 aromatic rings. The van der Waals surface area contributed by atoms with Crippen LogP contribution in [0.15, 0.2) is 0 Å². The fourth-order valence-electron chi connectivity index (χ4n) is 3.15. The molecular weight excluding hydrogens is 260 g/mol. The van der Waals surface area contributed by atoms with Crippen molar-refractivity contribution in [3.05, 3.63) is 0 Å². The van der Waals surface area contributed by atoms with Gasteiger partial charge in [0.25, 0.3) is 0 Å². The molecule has 20 heavy (non-hydrogen) atoms. The number of amides is 2. The van der Waals surface area contributed by atoms with E-state index in [1.807, 2.05) is 4.90 Å². The molecule has 0 aromatic heterocycles. The minimum atomic E-state index is -0.917. The van der Waals surface area contributed by atoms with Crippen molar-refractivity contribution in [1.82, 2.24) is 9.80 Å². The first-order valence-corrected chi connectivity index (χ1v) is 7.25. The molecular formula is C14H22N2O4. The SMILES string of the molecule is CN(CCC(=O)O)C(=O)[C@H]1CC(=O)N(C2CCCC2)C1. The molecule has 1 aliphatic heterocycles. The molecule has 2 amide bonds. The van der Waals surface area contributed by atoms with Gasteiger partial charge in [0.05, 0.1) is 12.3 Å². The topological polar surface area (TPSA) is 77.9 Å². The van der Waals surface area contributed by atoms with Gasteiger partial charge in [-0.15, -0.1) is 0 Å². The Morgan fingerprint density at radius 3 is 2.60 bits per heavy atom. The molecule has 0 aromatic carbocycles. The lowest BCUT2D eigenvalue weighted by Crippen LogP contribution is -2.38. The molecule has 0 spiro atoms. The monoisotopic (exact) mass is 282 g/mol. The summed E-state index contributed by atoms with van der Waals surface area (Å²) in [5.41, 5.74) is 0. The van der Waals surface area contributed by atoms with Crippen LogP contribution in [0, 0.1) is 5.92 Å². The molecule has 1 N–H and O–H groups in total. The van der Waals surface area contributed by atoms with Gasteiger partial charge in [0, 0.05) is 32.6 Å². The zero-order valence-electron chi connectivity index (χ0n) is 11.9. The normalized spacial score (nSPS) is 23.4. The zero-order chi connectivity index (χ0) is 14.7. The first-order valence-electron chi connectivity index (χ1n) is 7.25. The van der Waals surface area contributed by atoms with Crippen LogP contribution in [0.2, 0.25) is 0 Å². The van der Waals surface area contributed by atoms with Gasteiger partial charge >= 0.3 is 5.97 Å². The van der Waals surface area contributed by atoms with Gasteiger partial charge in [-0.1, -0.05) is 12.8 Å². The number of hydrogen-bond donors (Lipinski definition) is 1. The second-order valence-electron chi connectivity index (χ2n) is 5.79. The Morgan fingerprint density at radius 2 is 2.00 bits per heavy atom. The Hall–Kier alpha value is -1.59. The average molecular weight is 282 g/mol. The van der Waals surface area contributed by atoms with E-state index in [9.17, 15) is 14.4 Å². The highest BCUT2D eigenvalue weighted by Gasteiger charge is 2.39. The van der Waals surface area contributed by atoms with Crippen LogP contribution in [0.3, 0.4) is 0 Å². The first kappa shape index (κ1) is 14.8. The quantitative estimate of drug-likeness (QED) is 0.805. The molecule has 0 radical (unpaired) electrons. The van der Waals surface area contributed by atoms with Gasteiger partial charge in [-0.25, -0.2) is 0 Å². The van der Waals surface area contributed by atoms with Crippen molar-refractivity contribution in [3.8, 4) is 0 Å². The van der Waals surface area contributed by atoms with E-state index in [-0.39, 0.29) is 37.1 Å². The molecule has 1 saturated carbocycles. The minimum Gasteiger partial charge on any atom is -0.481 e. The summed E-state index contributed by atoms with van der Waals surface area (Å²) in [5.74, 6) is -1.26. The van der Waals surface area contributed by atoms with Crippen LogP contribution in [0.4, 0.5) is 0 Å². The maximum absolute atomic E-state index is 12.2. The lowest BCUT2D eigenvalue weighted by atomic mass is 10.1. The lowest BCUT2D eigenvalue weighted by molar-refractivity contribution is -0.139. The molecule has 1 aliphatic carbocycles. The van der Waals surface area contributed by atoms with Crippen LogP contribution in [-0.4, -0.2) is 58.9 Å². The Labute approximate surface area is 118 Å². The maximum Gasteiger partial charge on any atom is 0.305 e. The van der Waals surface area contributed by atoms with E-state index < -0.39 is 5.97 Å². The van der Waals surface area contributed by atoms with Gasteiger partial charge in [-0.2, -0.15) is 0 Å². The number of hydrogen-bond acceptors (Lipinski definition) is 3. The van der Waals surface area contributed by atoms with Crippen LogP contribution in [0.1, 0.15) is 38.5 Å². The zero-order valence-corrected chi connectivity index (χ0v) is 11.9.